The van der Waals surface area contributed by atoms with Crippen LogP contribution in [0.1, 0.15) is 97.8 Å². The minimum atomic E-state index is -1.09. The number of benzene rings is 2. The van der Waals surface area contributed by atoms with Gasteiger partial charge < -0.3 is 26.0 Å². The summed E-state index contributed by atoms with van der Waals surface area (Å²) in [4.78, 5) is 99.3. The Hall–Kier alpha value is -5.48. The molecule has 2 aromatic carbocycles. The van der Waals surface area contributed by atoms with Crippen LogP contribution in [-0.4, -0.2) is 98.6 Å². The number of nitrogens with zero attached hydrogens (tertiary/aromatic N) is 3. The second-order valence-electron chi connectivity index (χ2n) is 15.6. The molecule has 2 saturated heterocycles. The van der Waals surface area contributed by atoms with Crippen LogP contribution in [0.2, 0.25) is 0 Å². The Kier molecular flexibility index (Phi) is 11.7. The molecule has 0 radical (unpaired) electrons. The summed E-state index contributed by atoms with van der Waals surface area (Å²) in [5.41, 5.74) is 4.54. The van der Waals surface area contributed by atoms with Crippen LogP contribution in [0.4, 0.5) is 5.69 Å². The number of likely N-dealkylation sites (tertiary alicyclic amines) is 1. The average molecular weight is 786 g/mol. The number of anilines is 1. The number of aliphatic hydroxyl groups excluding tert-OH is 1. The van der Waals surface area contributed by atoms with E-state index >= 15 is 0 Å². The summed E-state index contributed by atoms with van der Waals surface area (Å²) in [6, 6.07) is 9.20. The summed E-state index contributed by atoms with van der Waals surface area (Å²) in [6.07, 6.45) is -0.474. The fourth-order valence-electron chi connectivity index (χ4n) is 7.38. The van der Waals surface area contributed by atoms with Crippen LogP contribution in [0.25, 0.3) is 10.4 Å². The van der Waals surface area contributed by atoms with E-state index in [2.05, 4.69) is 26.3 Å². The van der Waals surface area contributed by atoms with Crippen LogP contribution in [0.5, 0.6) is 0 Å². The first-order chi connectivity index (χ1) is 26.5. The van der Waals surface area contributed by atoms with Gasteiger partial charge in [0.05, 0.1) is 39.4 Å². The summed E-state index contributed by atoms with van der Waals surface area (Å²) in [7, 11) is 0. The number of aliphatic hydroxyl groups is 1. The molecule has 296 valence electrons. The Morgan fingerprint density at radius 1 is 1.04 bits per heavy atom. The van der Waals surface area contributed by atoms with Gasteiger partial charge in [-0.1, -0.05) is 51.1 Å². The summed E-state index contributed by atoms with van der Waals surface area (Å²) in [5, 5.41) is 21.8. The predicted molar refractivity (Wildman–Crippen MR) is 207 cm³/mol. The number of fused-ring (bicyclic) bond motifs is 1. The van der Waals surface area contributed by atoms with E-state index in [0.717, 1.165) is 26.6 Å². The first-order valence-corrected chi connectivity index (χ1v) is 19.6. The van der Waals surface area contributed by atoms with Crippen molar-refractivity contribution < 1.29 is 38.7 Å². The molecule has 0 bridgehead atoms. The number of carbonyl (C=O) groups excluding carboxylic acids is 7. The third-order valence-electron chi connectivity index (χ3n) is 10.4. The second-order valence-corrected chi connectivity index (χ2v) is 16.4. The quantitative estimate of drug-likeness (QED) is 0.134. The van der Waals surface area contributed by atoms with Gasteiger partial charge >= 0.3 is 0 Å². The lowest BCUT2D eigenvalue weighted by Crippen LogP contribution is -2.57. The number of hydrogen-bond acceptors (Lipinski definition) is 11. The Bertz CT molecular complexity index is 2060. The number of β-amino-alcohol motifs (C(OH)–C–C–N with tert-alkyl or cyclic N) is 1. The third-order valence-corrected chi connectivity index (χ3v) is 11.4. The van der Waals surface area contributed by atoms with Gasteiger partial charge in [-0.3, -0.25) is 43.8 Å². The Morgan fingerprint density at radius 2 is 1.77 bits per heavy atom. The highest BCUT2D eigenvalue weighted by Crippen LogP contribution is 2.33. The molecule has 6 rings (SSSR count). The van der Waals surface area contributed by atoms with Crippen LogP contribution in [-0.2, 0) is 24.0 Å². The van der Waals surface area contributed by atoms with E-state index < -0.39 is 71.0 Å². The number of hydrogen-bond donors (Lipinski definition) is 5. The first kappa shape index (κ1) is 40.2. The van der Waals surface area contributed by atoms with Crippen LogP contribution < -0.4 is 21.3 Å². The molecule has 4 heterocycles. The maximum Gasteiger partial charge on any atom is 0.264 e. The van der Waals surface area contributed by atoms with Gasteiger partial charge in [-0.15, -0.1) is 11.3 Å². The van der Waals surface area contributed by atoms with Crippen molar-refractivity contribution in [1.29, 1.82) is 0 Å². The lowest BCUT2D eigenvalue weighted by atomic mass is 9.85. The van der Waals surface area contributed by atoms with Gasteiger partial charge in [-0.25, -0.2) is 4.98 Å². The second kappa shape index (κ2) is 16.3. The highest BCUT2D eigenvalue weighted by molar-refractivity contribution is 7.13. The molecule has 7 amide bonds. The minimum Gasteiger partial charge on any atom is -0.391 e. The Morgan fingerprint density at radius 3 is 2.43 bits per heavy atom. The van der Waals surface area contributed by atoms with Crippen molar-refractivity contribution in [3.05, 3.63) is 70.4 Å². The monoisotopic (exact) mass is 785 g/mol. The van der Waals surface area contributed by atoms with Crippen molar-refractivity contribution in [2.75, 3.05) is 18.4 Å². The molecule has 2 fully saturated rings. The fourth-order valence-corrected chi connectivity index (χ4v) is 8.19. The molecule has 15 nitrogen and oxygen atoms in total. The molecule has 1 aromatic heterocycles. The van der Waals surface area contributed by atoms with Crippen molar-refractivity contribution in [1.82, 2.24) is 30.7 Å². The number of imide groups is 2. The van der Waals surface area contributed by atoms with Gasteiger partial charge in [-0.2, -0.15) is 0 Å². The van der Waals surface area contributed by atoms with Gasteiger partial charge in [0.15, 0.2) is 0 Å². The smallest absolute Gasteiger partial charge is 0.264 e. The van der Waals surface area contributed by atoms with Gasteiger partial charge in [-0.05, 0) is 55.4 Å². The van der Waals surface area contributed by atoms with Crippen molar-refractivity contribution in [3.8, 4) is 10.4 Å². The number of thiazole rings is 1. The molecular formula is C40H47N7O8S. The van der Waals surface area contributed by atoms with Gasteiger partial charge in [0.2, 0.25) is 29.5 Å². The number of rotatable bonds is 12. The molecule has 5 N–H and O–H groups in total. The number of nitrogens with one attached hydrogen (secondary N) is 4. The molecule has 16 heteroatoms. The van der Waals surface area contributed by atoms with E-state index in [4.69, 9.17) is 0 Å². The number of carbonyl (C=O) groups is 7. The average Bonchev–Trinajstić information content (AvgIpc) is 3.83. The van der Waals surface area contributed by atoms with Gasteiger partial charge in [0, 0.05) is 38.0 Å². The number of amides is 7. The Labute approximate surface area is 328 Å². The zero-order valence-corrected chi connectivity index (χ0v) is 32.8. The molecule has 56 heavy (non-hydrogen) atoms. The van der Waals surface area contributed by atoms with E-state index in [1.165, 1.54) is 11.0 Å². The number of aromatic nitrogens is 1. The zero-order valence-electron chi connectivity index (χ0n) is 32.0. The highest BCUT2D eigenvalue weighted by atomic mass is 32.1. The standard InChI is InChI=1S/C40H47N7O8S/c1-21(23-11-13-24(14-12-23)33-22(2)42-20-56-33)43-36(52)29-18-25(48)19-46(29)39(55)34(40(3,4)5)44-30(49)10-7-17-41-27-9-6-8-26-32(27)38(54)47(37(26)53)28-15-16-31(50)45-35(28)51/h6,8-9,11-14,20-21,25,28-29,34,41,48H,7,10,15-19H2,1-5H3,(H,43,52)(H,44,49)(H,45,50,51)/t21?,25-,28?,29+,34?/m1/s1. The van der Waals surface area contributed by atoms with E-state index in [1.54, 1.807) is 29.0 Å². The van der Waals surface area contributed by atoms with Crippen molar-refractivity contribution in [2.24, 2.45) is 5.41 Å². The van der Waals surface area contributed by atoms with Gasteiger partial charge in [0.1, 0.15) is 18.1 Å². The topological polar surface area (TPSA) is 207 Å². The maximum atomic E-state index is 14.1. The molecular weight excluding hydrogens is 739 g/mol. The van der Waals surface area contributed by atoms with Crippen LogP contribution >= 0.6 is 11.3 Å². The molecule has 3 unspecified atom stereocenters. The normalized spacial score (nSPS) is 20.7. The van der Waals surface area contributed by atoms with E-state index in [9.17, 15) is 38.7 Å². The largest absolute Gasteiger partial charge is 0.391 e. The van der Waals surface area contributed by atoms with E-state index in [-0.39, 0.29) is 55.9 Å². The Balaban J connectivity index is 1.04. The minimum absolute atomic E-state index is 0.0126. The summed E-state index contributed by atoms with van der Waals surface area (Å²) in [6.45, 7) is 9.43. The van der Waals surface area contributed by atoms with Crippen molar-refractivity contribution in [2.45, 2.75) is 97.0 Å². The van der Waals surface area contributed by atoms with Crippen molar-refractivity contribution in [3.63, 3.8) is 0 Å². The summed E-state index contributed by atoms with van der Waals surface area (Å²) < 4.78 is 0. The van der Waals surface area contributed by atoms with E-state index in [0.29, 0.717) is 12.1 Å². The summed E-state index contributed by atoms with van der Waals surface area (Å²) in [5.74, 6) is -3.69. The molecule has 3 aliphatic rings. The maximum absolute atomic E-state index is 14.1. The zero-order chi connectivity index (χ0) is 40.5. The number of piperidine rings is 1. The molecule has 5 atom stereocenters. The first-order valence-electron chi connectivity index (χ1n) is 18.7. The SMILES string of the molecule is Cc1ncsc1-c1ccc(C(C)NC(=O)[C@@H]2C[C@@H](O)CN2C(=O)C(NC(=O)CCCNc2cccc3c2C(=O)N(C2CCC(=O)NC2=O)C3=O)C(C)(C)C)cc1. The molecule has 3 aliphatic heterocycles. The number of aryl methyl sites for hydroxylation is 1. The molecule has 0 spiro atoms. The lowest BCUT2D eigenvalue weighted by molar-refractivity contribution is -0.144. The molecule has 3 aromatic rings. The molecule has 0 aliphatic carbocycles. The van der Waals surface area contributed by atoms with Crippen LogP contribution in [0.15, 0.2) is 48.0 Å². The highest BCUT2D eigenvalue weighted by Gasteiger charge is 2.46. The lowest BCUT2D eigenvalue weighted by Gasteiger charge is -2.35. The van der Waals surface area contributed by atoms with Crippen molar-refractivity contribution >= 4 is 58.4 Å². The predicted octanol–water partition coefficient (Wildman–Crippen LogP) is 3.08. The van der Waals surface area contributed by atoms with Crippen LogP contribution in [0.3, 0.4) is 0 Å². The summed E-state index contributed by atoms with van der Waals surface area (Å²) >= 11 is 1.56. The van der Waals surface area contributed by atoms with E-state index in [1.807, 2.05) is 58.9 Å². The fraction of sp³-hybridized carbons (Fsp3) is 0.450. The third kappa shape index (κ3) is 8.35. The van der Waals surface area contributed by atoms with Crippen LogP contribution in [0, 0.1) is 12.3 Å². The van der Waals surface area contributed by atoms with Gasteiger partial charge in [0.25, 0.3) is 11.8 Å². The molecule has 0 saturated carbocycles.